The van der Waals surface area contributed by atoms with Crippen molar-refractivity contribution in [1.29, 1.82) is 0 Å². The number of hydrogen-bond acceptors (Lipinski definition) is 11. The number of H-pyrrole nitrogens is 1. The third kappa shape index (κ3) is 5.91. The van der Waals surface area contributed by atoms with E-state index in [0.29, 0.717) is 0 Å². The first-order valence-corrected chi connectivity index (χ1v) is 13.3. The number of nitrogens with zero attached hydrogens (tertiary/aromatic N) is 1. The molecule has 3 heterocycles. The van der Waals surface area contributed by atoms with Crippen LogP contribution in [0.3, 0.4) is 0 Å². The molecule has 2 N–H and O–H groups in total. The number of rotatable bonds is 10. The molecular weight excluding hydrogens is 537 g/mol. The Bertz CT molecular complexity index is 1430. The molecular formula is C24H26N3O11P. The summed E-state index contributed by atoms with van der Waals surface area (Å²) in [6.45, 7) is 4.18. The van der Waals surface area contributed by atoms with Crippen molar-refractivity contribution in [2.24, 2.45) is 0 Å². The van der Waals surface area contributed by atoms with E-state index in [4.69, 9.17) is 34.4 Å². The molecule has 1 unspecified atom stereocenters. The first-order valence-electron chi connectivity index (χ1n) is 11.8. The Morgan fingerprint density at radius 1 is 1.23 bits per heavy atom. The van der Waals surface area contributed by atoms with Crippen LogP contribution in [0.4, 0.5) is 4.79 Å². The van der Waals surface area contributed by atoms with Gasteiger partial charge in [-0.1, -0.05) is 18.2 Å². The number of hydrogen-bond donors (Lipinski definition) is 2. The zero-order chi connectivity index (χ0) is 28.4. The van der Waals surface area contributed by atoms with E-state index in [1.165, 1.54) is 19.1 Å². The van der Waals surface area contributed by atoms with E-state index in [1.807, 2.05) is 0 Å². The van der Waals surface area contributed by atoms with Crippen molar-refractivity contribution in [2.75, 3.05) is 6.61 Å². The monoisotopic (exact) mass is 563 g/mol. The molecule has 0 saturated carbocycles. The number of aromatic amines is 1. The molecule has 0 aliphatic carbocycles. The topological polar surface area (TPSA) is 173 Å². The summed E-state index contributed by atoms with van der Waals surface area (Å²) in [5, 5.41) is 2.53. The van der Waals surface area contributed by atoms with Crippen LogP contribution in [0.15, 0.2) is 52.2 Å². The third-order valence-electron chi connectivity index (χ3n) is 5.67. The largest absolute Gasteiger partial charge is 0.510 e. The maximum absolute atomic E-state index is 13.8. The number of ether oxygens (including phenoxy) is 4. The zero-order valence-electron chi connectivity index (χ0n) is 21.1. The fourth-order valence-electron chi connectivity index (χ4n) is 3.99. The minimum absolute atomic E-state index is 0.163. The summed E-state index contributed by atoms with van der Waals surface area (Å²) in [6.07, 6.45) is 1.32. The van der Waals surface area contributed by atoms with E-state index in [2.05, 4.69) is 16.0 Å². The Labute approximate surface area is 222 Å². The quantitative estimate of drug-likeness (QED) is 0.242. The number of aromatic nitrogens is 2. The average molecular weight is 563 g/mol. The van der Waals surface area contributed by atoms with Gasteiger partial charge in [-0.2, -0.15) is 5.09 Å². The Kier molecular flexibility index (Phi) is 7.99. The van der Waals surface area contributed by atoms with Gasteiger partial charge >= 0.3 is 25.6 Å². The molecule has 4 rings (SSSR count). The van der Waals surface area contributed by atoms with E-state index in [9.17, 15) is 23.7 Å². The van der Waals surface area contributed by atoms with Crippen molar-refractivity contribution in [3.63, 3.8) is 0 Å². The number of carbonyl (C=O) groups excluding carboxylic acids is 2. The lowest BCUT2D eigenvalue weighted by Crippen LogP contribution is -2.46. The van der Waals surface area contributed by atoms with Crippen LogP contribution < -0.4 is 20.9 Å². The molecule has 0 amide bonds. The fourth-order valence-corrected chi connectivity index (χ4v) is 5.49. The van der Waals surface area contributed by atoms with Crippen molar-refractivity contribution in [2.45, 2.75) is 57.0 Å². The van der Waals surface area contributed by atoms with Gasteiger partial charge in [0, 0.05) is 12.3 Å². The summed E-state index contributed by atoms with van der Waals surface area (Å²) >= 11 is 0. The highest BCUT2D eigenvalue weighted by Gasteiger charge is 2.67. The predicted molar refractivity (Wildman–Crippen MR) is 133 cm³/mol. The van der Waals surface area contributed by atoms with Crippen molar-refractivity contribution in [3.05, 3.63) is 63.4 Å². The maximum atomic E-state index is 13.8. The van der Waals surface area contributed by atoms with Crippen LogP contribution in [0.2, 0.25) is 0 Å². The lowest BCUT2D eigenvalue weighted by molar-refractivity contribution is -0.149. The van der Waals surface area contributed by atoms with Crippen LogP contribution in [0.25, 0.3) is 0 Å². The Morgan fingerprint density at radius 2 is 1.95 bits per heavy atom. The van der Waals surface area contributed by atoms with E-state index < -0.39 is 73.9 Å². The summed E-state index contributed by atoms with van der Waals surface area (Å²) in [7, 11) is -4.32. The molecule has 2 aromatic rings. The number of fused-ring (bicyclic) bond motifs is 1. The van der Waals surface area contributed by atoms with Gasteiger partial charge < -0.3 is 23.5 Å². The zero-order valence-corrected chi connectivity index (χ0v) is 22.0. The molecule has 6 atom stereocenters. The van der Waals surface area contributed by atoms with Gasteiger partial charge in [-0.3, -0.25) is 23.7 Å². The standard InChI is InChI=1S/C24H26N3O11P/c1-5-24-19(36-23(31)37-24)17(35-21(24)27-12-11-18(28)25-22(27)30)13-33-39(32,38-16-9-7-6-8-10-16)26-15(4)20(29)34-14(2)3/h1,6-12,14-15,17,19,21H,13H2,2-4H3,(H,26,32)(H,25,28,30)/t15-,17+,19+,21+,24+,39?/m0/s1. The summed E-state index contributed by atoms with van der Waals surface area (Å²) < 4.78 is 47.5. The SMILES string of the molecule is C#C[C@@]12OC(=O)O[C@@H]1[C@@H](COP(=O)(N[C@@H](C)C(=O)OC(C)C)Oc1ccccc1)O[C@H]2n1ccc(=O)[nH]c1=O. The maximum Gasteiger partial charge on any atom is 0.510 e. The van der Waals surface area contributed by atoms with Crippen LogP contribution >= 0.6 is 7.75 Å². The molecule has 1 aromatic carbocycles. The molecule has 39 heavy (non-hydrogen) atoms. The molecule has 0 radical (unpaired) electrons. The number of nitrogens with one attached hydrogen (secondary N) is 2. The van der Waals surface area contributed by atoms with Crippen LogP contribution in [-0.4, -0.2) is 58.2 Å². The smallest absolute Gasteiger partial charge is 0.462 e. The number of carbonyl (C=O) groups is 2. The van der Waals surface area contributed by atoms with Crippen LogP contribution in [0.5, 0.6) is 5.75 Å². The Morgan fingerprint density at radius 3 is 2.59 bits per heavy atom. The van der Waals surface area contributed by atoms with E-state index in [1.54, 1.807) is 32.0 Å². The molecule has 14 nitrogen and oxygen atoms in total. The van der Waals surface area contributed by atoms with Gasteiger partial charge in [0.25, 0.3) is 11.2 Å². The summed E-state index contributed by atoms with van der Waals surface area (Å²) in [5.74, 6) is 1.77. The third-order valence-corrected chi connectivity index (χ3v) is 7.31. The van der Waals surface area contributed by atoms with Gasteiger partial charge in [0.15, 0.2) is 12.3 Å². The van der Waals surface area contributed by atoms with Crippen molar-refractivity contribution >= 4 is 19.9 Å². The van der Waals surface area contributed by atoms with Crippen LogP contribution in [-0.2, 0) is 32.8 Å². The van der Waals surface area contributed by atoms with Gasteiger partial charge in [-0.05, 0) is 38.8 Å². The second-order valence-electron chi connectivity index (χ2n) is 8.91. The highest BCUT2D eigenvalue weighted by molar-refractivity contribution is 7.52. The first-order chi connectivity index (χ1) is 18.5. The summed E-state index contributed by atoms with van der Waals surface area (Å²) in [4.78, 5) is 50.6. The number of para-hydroxylation sites is 1. The normalized spacial score (nSPS) is 26.0. The first kappa shape index (κ1) is 28.1. The van der Waals surface area contributed by atoms with Gasteiger partial charge in [0.05, 0.1) is 12.7 Å². The van der Waals surface area contributed by atoms with Gasteiger partial charge in [-0.25, -0.2) is 14.2 Å². The molecule has 0 spiro atoms. The van der Waals surface area contributed by atoms with Crippen LogP contribution in [0.1, 0.15) is 27.0 Å². The second kappa shape index (κ2) is 11.1. The van der Waals surface area contributed by atoms with Gasteiger partial charge in [-0.15, -0.1) is 6.42 Å². The lowest BCUT2D eigenvalue weighted by atomic mass is 9.95. The van der Waals surface area contributed by atoms with Crippen LogP contribution in [0, 0.1) is 12.3 Å². The number of terminal acetylenes is 1. The molecule has 1 aromatic heterocycles. The van der Waals surface area contributed by atoms with Gasteiger partial charge in [0.1, 0.15) is 17.9 Å². The van der Waals surface area contributed by atoms with Crippen molar-refractivity contribution in [1.82, 2.24) is 14.6 Å². The molecule has 2 aliphatic heterocycles. The highest BCUT2D eigenvalue weighted by Crippen LogP contribution is 2.49. The van der Waals surface area contributed by atoms with E-state index in [0.717, 1.165) is 16.8 Å². The Balaban J connectivity index is 1.60. The molecule has 2 saturated heterocycles. The Hall–Kier alpha value is -3.89. The average Bonchev–Trinajstić information content (AvgIpc) is 3.35. The number of benzene rings is 1. The minimum Gasteiger partial charge on any atom is -0.462 e. The highest BCUT2D eigenvalue weighted by atomic mass is 31.2. The number of esters is 1. The fraction of sp³-hybridized carbons (Fsp3) is 0.417. The predicted octanol–water partition coefficient (Wildman–Crippen LogP) is 1.47. The minimum atomic E-state index is -4.32. The summed E-state index contributed by atoms with van der Waals surface area (Å²) in [6, 6.07) is 7.98. The van der Waals surface area contributed by atoms with Crippen molar-refractivity contribution < 1.29 is 42.1 Å². The second-order valence-corrected chi connectivity index (χ2v) is 10.6. The van der Waals surface area contributed by atoms with Crippen molar-refractivity contribution in [3.8, 4) is 18.1 Å². The molecule has 15 heteroatoms. The molecule has 2 aliphatic rings. The lowest BCUT2D eigenvalue weighted by Gasteiger charge is -2.25. The molecule has 0 bridgehead atoms. The van der Waals surface area contributed by atoms with E-state index in [-0.39, 0.29) is 5.75 Å². The summed E-state index contributed by atoms with van der Waals surface area (Å²) in [5.41, 5.74) is -3.47. The van der Waals surface area contributed by atoms with Gasteiger partial charge in [0.2, 0.25) is 0 Å². The molecule has 208 valence electrons. The van der Waals surface area contributed by atoms with E-state index >= 15 is 0 Å². The molecule has 2 fully saturated rings.